The second-order valence-corrected chi connectivity index (χ2v) is 4.79. The third kappa shape index (κ3) is 1.82. The molecule has 18 heavy (non-hydrogen) atoms. The van der Waals surface area contributed by atoms with Crippen molar-refractivity contribution in [3.05, 3.63) is 52.8 Å². The molecule has 0 unspecified atom stereocenters. The van der Waals surface area contributed by atoms with Gasteiger partial charge in [-0.2, -0.15) is 0 Å². The summed E-state index contributed by atoms with van der Waals surface area (Å²) in [5.41, 5.74) is 8.94. The summed E-state index contributed by atoms with van der Waals surface area (Å²) >= 11 is 12.1. The van der Waals surface area contributed by atoms with E-state index in [0.717, 1.165) is 11.3 Å². The van der Waals surface area contributed by atoms with Crippen molar-refractivity contribution >= 4 is 34.5 Å². The lowest BCUT2D eigenvalue weighted by Gasteiger charge is -1.99. The number of benzene rings is 1. The van der Waals surface area contributed by atoms with Gasteiger partial charge in [0.05, 0.1) is 15.7 Å². The highest BCUT2D eigenvalue weighted by Crippen LogP contribution is 2.28. The number of anilines is 1. The summed E-state index contributed by atoms with van der Waals surface area (Å²) in [5.74, 6) is 0. The van der Waals surface area contributed by atoms with Crippen LogP contribution in [-0.4, -0.2) is 9.38 Å². The van der Waals surface area contributed by atoms with Gasteiger partial charge in [0.2, 0.25) is 0 Å². The zero-order chi connectivity index (χ0) is 12.7. The summed E-state index contributed by atoms with van der Waals surface area (Å²) in [6.45, 7) is 0. The van der Waals surface area contributed by atoms with Crippen LogP contribution in [0.2, 0.25) is 10.0 Å². The fourth-order valence-electron chi connectivity index (χ4n) is 1.88. The van der Waals surface area contributed by atoms with Gasteiger partial charge in [-0.1, -0.05) is 41.4 Å². The lowest BCUT2D eigenvalue weighted by atomic mass is 10.1. The first-order valence-corrected chi connectivity index (χ1v) is 6.09. The van der Waals surface area contributed by atoms with Gasteiger partial charge in [-0.3, -0.25) is 0 Å². The van der Waals surface area contributed by atoms with E-state index in [2.05, 4.69) is 4.98 Å². The van der Waals surface area contributed by atoms with Gasteiger partial charge in [-0.25, -0.2) is 4.98 Å². The molecular formula is C13H9Cl2N3. The van der Waals surface area contributed by atoms with Crippen LogP contribution in [0.3, 0.4) is 0 Å². The van der Waals surface area contributed by atoms with Gasteiger partial charge in [0.1, 0.15) is 0 Å². The van der Waals surface area contributed by atoms with E-state index in [0.29, 0.717) is 21.4 Å². The van der Waals surface area contributed by atoms with Crippen LogP contribution < -0.4 is 5.73 Å². The minimum Gasteiger partial charge on any atom is -0.398 e. The van der Waals surface area contributed by atoms with E-state index < -0.39 is 0 Å². The highest BCUT2D eigenvalue weighted by Gasteiger charge is 2.10. The Labute approximate surface area is 114 Å². The van der Waals surface area contributed by atoms with Gasteiger partial charge < -0.3 is 10.1 Å². The molecule has 0 fully saturated rings. The number of nitrogens with two attached hydrogens (primary N) is 1. The number of pyridine rings is 1. The monoisotopic (exact) mass is 277 g/mol. The van der Waals surface area contributed by atoms with Crippen LogP contribution in [0.4, 0.5) is 5.69 Å². The second-order valence-electron chi connectivity index (χ2n) is 3.95. The Balaban J connectivity index is 2.26. The number of imidazole rings is 1. The van der Waals surface area contributed by atoms with Gasteiger partial charge >= 0.3 is 0 Å². The molecule has 0 aliphatic rings. The summed E-state index contributed by atoms with van der Waals surface area (Å²) in [6.07, 6.45) is 3.62. The molecule has 0 saturated heterocycles. The molecule has 0 aliphatic carbocycles. The summed E-state index contributed by atoms with van der Waals surface area (Å²) < 4.78 is 1.80. The van der Waals surface area contributed by atoms with Gasteiger partial charge in [0.25, 0.3) is 0 Å². The Morgan fingerprint density at radius 1 is 1.11 bits per heavy atom. The molecule has 2 heterocycles. The molecule has 0 spiro atoms. The van der Waals surface area contributed by atoms with Crippen molar-refractivity contribution in [3.63, 3.8) is 0 Å². The largest absolute Gasteiger partial charge is 0.398 e. The smallest absolute Gasteiger partial charge is 0.156 e. The van der Waals surface area contributed by atoms with E-state index in [4.69, 9.17) is 28.9 Å². The summed E-state index contributed by atoms with van der Waals surface area (Å²) in [5, 5.41) is 1.08. The average Bonchev–Trinajstić information content (AvgIpc) is 2.73. The number of nitrogen functional groups attached to an aromatic ring is 1. The number of hydrogen-bond donors (Lipinski definition) is 1. The third-order valence-electron chi connectivity index (χ3n) is 2.71. The van der Waals surface area contributed by atoms with E-state index >= 15 is 0 Å². The topological polar surface area (TPSA) is 43.3 Å². The molecule has 3 aromatic rings. The molecule has 0 radical (unpaired) electrons. The summed E-state index contributed by atoms with van der Waals surface area (Å²) in [6, 6.07) is 9.24. The maximum absolute atomic E-state index is 6.10. The summed E-state index contributed by atoms with van der Waals surface area (Å²) in [7, 11) is 0. The maximum Gasteiger partial charge on any atom is 0.156 e. The first kappa shape index (κ1) is 11.4. The first-order chi connectivity index (χ1) is 8.65. The van der Waals surface area contributed by atoms with Crippen LogP contribution >= 0.6 is 23.2 Å². The fraction of sp³-hybridized carbons (Fsp3) is 0. The van der Waals surface area contributed by atoms with E-state index in [1.807, 2.05) is 30.5 Å². The molecule has 5 heteroatoms. The van der Waals surface area contributed by atoms with Gasteiger partial charge in [0, 0.05) is 23.6 Å². The van der Waals surface area contributed by atoms with Gasteiger partial charge in [-0.05, 0) is 12.1 Å². The number of halogens is 2. The Morgan fingerprint density at radius 2 is 1.89 bits per heavy atom. The highest BCUT2D eigenvalue weighted by molar-refractivity contribution is 6.36. The van der Waals surface area contributed by atoms with Gasteiger partial charge in [-0.15, -0.1) is 0 Å². The van der Waals surface area contributed by atoms with Crippen LogP contribution in [0.15, 0.2) is 42.7 Å². The first-order valence-electron chi connectivity index (χ1n) is 5.34. The van der Waals surface area contributed by atoms with Crippen LogP contribution in [0, 0.1) is 0 Å². The molecule has 2 aromatic heterocycles. The predicted molar refractivity (Wildman–Crippen MR) is 75.1 cm³/mol. The fourth-order valence-corrected chi connectivity index (χ4v) is 2.41. The van der Waals surface area contributed by atoms with Crippen molar-refractivity contribution in [1.29, 1.82) is 0 Å². The Bertz CT molecular complexity index is 734. The van der Waals surface area contributed by atoms with Crippen LogP contribution in [0.5, 0.6) is 0 Å². The van der Waals surface area contributed by atoms with Crippen molar-refractivity contribution in [2.75, 3.05) is 5.73 Å². The Morgan fingerprint density at radius 3 is 2.67 bits per heavy atom. The molecule has 1 aromatic carbocycles. The van der Waals surface area contributed by atoms with Crippen LogP contribution in [0.1, 0.15) is 0 Å². The van der Waals surface area contributed by atoms with Gasteiger partial charge in [0.15, 0.2) is 5.65 Å². The maximum atomic E-state index is 6.10. The van der Waals surface area contributed by atoms with Crippen molar-refractivity contribution in [1.82, 2.24) is 9.38 Å². The SMILES string of the molecule is Nc1ccccc1-c1cn2cc(Cl)cc(Cl)c2n1. The average molecular weight is 278 g/mol. The molecule has 2 N–H and O–H groups in total. The number of hydrogen-bond acceptors (Lipinski definition) is 2. The zero-order valence-electron chi connectivity index (χ0n) is 9.27. The second kappa shape index (κ2) is 4.19. The van der Waals surface area contributed by atoms with Crippen molar-refractivity contribution in [2.45, 2.75) is 0 Å². The van der Waals surface area contributed by atoms with E-state index in [9.17, 15) is 0 Å². The highest BCUT2D eigenvalue weighted by atomic mass is 35.5. The van der Waals surface area contributed by atoms with E-state index in [1.165, 1.54) is 0 Å². The number of aromatic nitrogens is 2. The number of para-hydroxylation sites is 1. The molecule has 90 valence electrons. The quantitative estimate of drug-likeness (QED) is 0.686. The molecule has 0 atom stereocenters. The van der Waals surface area contributed by atoms with Crippen molar-refractivity contribution in [2.24, 2.45) is 0 Å². The minimum absolute atomic E-state index is 0.517. The zero-order valence-corrected chi connectivity index (χ0v) is 10.8. The van der Waals surface area contributed by atoms with E-state index in [-0.39, 0.29) is 0 Å². The number of nitrogens with zero attached hydrogens (tertiary/aromatic N) is 2. The van der Waals surface area contributed by atoms with Crippen LogP contribution in [0.25, 0.3) is 16.9 Å². The number of fused-ring (bicyclic) bond motifs is 1. The Kier molecular flexibility index (Phi) is 2.65. The standard InChI is InChI=1S/C13H9Cl2N3/c14-8-5-10(15)13-17-12(7-18(13)6-8)9-3-1-2-4-11(9)16/h1-7H,16H2. The molecule has 0 aliphatic heterocycles. The normalized spacial score (nSPS) is 11.0. The lowest BCUT2D eigenvalue weighted by Crippen LogP contribution is -1.88. The molecular weight excluding hydrogens is 269 g/mol. The molecule has 0 amide bonds. The predicted octanol–water partition coefficient (Wildman–Crippen LogP) is 3.89. The summed E-state index contributed by atoms with van der Waals surface area (Å²) in [4.78, 5) is 4.48. The molecule has 0 saturated carbocycles. The Hall–Kier alpha value is -1.71. The lowest BCUT2D eigenvalue weighted by molar-refractivity contribution is 1.19. The minimum atomic E-state index is 0.517. The third-order valence-corrected chi connectivity index (χ3v) is 3.19. The molecule has 3 nitrogen and oxygen atoms in total. The van der Waals surface area contributed by atoms with Crippen LogP contribution in [-0.2, 0) is 0 Å². The van der Waals surface area contributed by atoms with Crippen molar-refractivity contribution < 1.29 is 0 Å². The number of rotatable bonds is 1. The molecule has 0 bridgehead atoms. The van der Waals surface area contributed by atoms with E-state index in [1.54, 1.807) is 16.7 Å². The van der Waals surface area contributed by atoms with Crippen molar-refractivity contribution in [3.8, 4) is 11.3 Å². The molecule has 3 rings (SSSR count).